The Kier molecular flexibility index (Phi) is 5.62. The van der Waals surface area contributed by atoms with Gasteiger partial charge in [0.1, 0.15) is 0 Å². The summed E-state index contributed by atoms with van der Waals surface area (Å²) in [5.41, 5.74) is 2.33. The van der Waals surface area contributed by atoms with Gasteiger partial charge in [0, 0.05) is 37.4 Å². The number of nitrogens with zero attached hydrogens (tertiary/aromatic N) is 2. The van der Waals surface area contributed by atoms with Crippen LogP contribution in [-0.4, -0.2) is 55.2 Å². The number of hydrogen-bond acceptors (Lipinski definition) is 6. The maximum absolute atomic E-state index is 12.5. The molecule has 1 aromatic heterocycles. The summed E-state index contributed by atoms with van der Waals surface area (Å²) in [4.78, 5) is 19.5. The highest BCUT2D eigenvalue weighted by molar-refractivity contribution is 7.22. The molecule has 2 heterocycles. The Hall–Kier alpha value is -2.48. The lowest BCUT2D eigenvalue weighted by Gasteiger charge is -2.26. The number of fused-ring (bicyclic) bond motifs is 1. The van der Waals surface area contributed by atoms with Crippen LogP contribution in [0.4, 0.5) is 10.8 Å². The number of thiazole rings is 1. The molecule has 1 amide bonds. The number of hydrogen-bond donors (Lipinski definition) is 2. The fourth-order valence-corrected chi connectivity index (χ4v) is 3.94. The Morgan fingerprint density at radius 2 is 1.96 bits per heavy atom. The highest BCUT2D eigenvalue weighted by Gasteiger charge is 2.12. The molecule has 3 aromatic rings. The minimum Gasteiger partial charge on any atom is -0.379 e. The van der Waals surface area contributed by atoms with E-state index in [0.717, 1.165) is 60.4 Å². The van der Waals surface area contributed by atoms with E-state index in [4.69, 9.17) is 4.74 Å². The van der Waals surface area contributed by atoms with Gasteiger partial charge in [-0.25, -0.2) is 4.98 Å². The first-order valence-electron chi connectivity index (χ1n) is 9.09. The molecule has 2 aromatic carbocycles. The van der Waals surface area contributed by atoms with Gasteiger partial charge in [-0.15, -0.1) is 0 Å². The first-order chi connectivity index (χ1) is 13.3. The molecular weight excluding hydrogens is 360 g/mol. The molecule has 0 bridgehead atoms. The largest absolute Gasteiger partial charge is 0.379 e. The normalized spacial score (nSPS) is 15.0. The van der Waals surface area contributed by atoms with Gasteiger partial charge in [0.25, 0.3) is 5.91 Å². The van der Waals surface area contributed by atoms with Crippen LogP contribution in [0.3, 0.4) is 0 Å². The Bertz CT molecular complexity index is 907. The maximum Gasteiger partial charge on any atom is 0.255 e. The third-order valence-corrected chi connectivity index (χ3v) is 5.47. The number of para-hydroxylation sites is 1. The number of rotatable bonds is 6. The molecule has 0 aliphatic carbocycles. The van der Waals surface area contributed by atoms with Gasteiger partial charge in [0.05, 0.1) is 23.4 Å². The first kappa shape index (κ1) is 17.9. The number of anilines is 2. The average molecular weight is 382 g/mol. The molecule has 27 heavy (non-hydrogen) atoms. The number of nitrogens with one attached hydrogen (secondary N) is 2. The zero-order valence-corrected chi connectivity index (χ0v) is 15.8. The van der Waals surface area contributed by atoms with Crippen LogP contribution in [0.25, 0.3) is 10.2 Å². The number of amides is 1. The van der Waals surface area contributed by atoms with E-state index in [0.29, 0.717) is 5.56 Å². The van der Waals surface area contributed by atoms with Gasteiger partial charge in [-0.1, -0.05) is 29.5 Å². The number of carbonyl (C=O) groups is 1. The number of benzene rings is 2. The van der Waals surface area contributed by atoms with Crippen LogP contribution in [-0.2, 0) is 4.74 Å². The lowest BCUT2D eigenvalue weighted by atomic mass is 10.2. The van der Waals surface area contributed by atoms with Crippen molar-refractivity contribution in [3.05, 3.63) is 54.1 Å². The molecule has 1 fully saturated rings. The van der Waals surface area contributed by atoms with E-state index < -0.39 is 0 Å². The molecular formula is C20H22N4O2S. The minimum absolute atomic E-state index is 0.113. The predicted octanol–water partition coefficient (Wildman–Crippen LogP) is 3.29. The number of ether oxygens (including phenoxy) is 1. The van der Waals surface area contributed by atoms with Crippen LogP contribution < -0.4 is 10.6 Å². The summed E-state index contributed by atoms with van der Waals surface area (Å²) in [6.45, 7) is 5.43. The molecule has 7 heteroatoms. The lowest BCUT2D eigenvalue weighted by Crippen LogP contribution is -2.38. The second-order valence-corrected chi connectivity index (χ2v) is 7.43. The summed E-state index contributed by atoms with van der Waals surface area (Å²) in [6.07, 6.45) is 0. The number of carbonyl (C=O) groups excluding carboxylic acids is 1. The molecule has 1 aliphatic heterocycles. The van der Waals surface area contributed by atoms with Crippen molar-refractivity contribution in [1.82, 2.24) is 9.88 Å². The molecule has 6 nitrogen and oxygen atoms in total. The molecule has 0 unspecified atom stereocenters. The van der Waals surface area contributed by atoms with Crippen molar-refractivity contribution in [1.29, 1.82) is 0 Å². The van der Waals surface area contributed by atoms with Crippen LogP contribution in [0.5, 0.6) is 0 Å². The predicted molar refractivity (Wildman–Crippen MR) is 110 cm³/mol. The van der Waals surface area contributed by atoms with Gasteiger partial charge in [-0.2, -0.15) is 0 Å². The van der Waals surface area contributed by atoms with Crippen LogP contribution >= 0.6 is 11.3 Å². The SMILES string of the molecule is O=C(Nc1ccccc1)c1ccc2nc(NCCN3CCOCC3)sc2c1. The van der Waals surface area contributed by atoms with Gasteiger partial charge in [0.15, 0.2) is 5.13 Å². The molecule has 1 saturated heterocycles. The molecule has 0 spiro atoms. The molecule has 0 atom stereocenters. The second kappa shape index (κ2) is 8.47. The van der Waals surface area contributed by atoms with Crippen LogP contribution in [0.15, 0.2) is 48.5 Å². The topological polar surface area (TPSA) is 66.5 Å². The van der Waals surface area contributed by atoms with Gasteiger partial charge in [0.2, 0.25) is 0 Å². The van der Waals surface area contributed by atoms with E-state index in [1.165, 1.54) is 0 Å². The fraction of sp³-hybridized carbons (Fsp3) is 0.300. The smallest absolute Gasteiger partial charge is 0.255 e. The molecule has 0 radical (unpaired) electrons. The van der Waals surface area contributed by atoms with Crippen molar-refractivity contribution in [3.8, 4) is 0 Å². The third kappa shape index (κ3) is 4.63. The van der Waals surface area contributed by atoms with E-state index in [1.807, 2.05) is 48.5 Å². The number of aromatic nitrogens is 1. The Labute approximate surface area is 162 Å². The molecule has 4 rings (SSSR count). The summed E-state index contributed by atoms with van der Waals surface area (Å²) in [7, 11) is 0. The molecule has 140 valence electrons. The Balaban J connectivity index is 1.38. The van der Waals surface area contributed by atoms with Crippen molar-refractivity contribution >= 4 is 38.3 Å². The molecule has 0 saturated carbocycles. The van der Waals surface area contributed by atoms with Crippen LogP contribution in [0, 0.1) is 0 Å². The van der Waals surface area contributed by atoms with E-state index >= 15 is 0 Å². The summed E-state index contributed by atoms with van der Waals surface area (Å²) >= 11 is 1.58. The highest BCUT2D eigenvalue weighted by atomic mass is 32.1. The first-order valence-corrected chi connectivity index (χ1v) is 9.90. The third-order valence-electron chi connectivity index (χ3n) is 4.49. The van der Waals surface area contributed by atoms with E-state index in [1.54, 1.807) is 11.3 Å². The van der Waals surface area contributed by atoms with Crippen molar-refractivity contribution < 1.29 is 9.53 Å². The van der Waals surface area contributed by atoms with Crippen molar-refractivity contribution in [2.75, 3.05) is 50.0 Å². The summed E-state index contributed by atoms with van der Waals surface area (Å²) < 4.78 is 6.37. The summed E-state index contributed by atoms with van der Waals surface area (Å²) in [5, 5.41) is 7.20. The summed E-state index contributed by atoms with van der Waals surface area (Å²) in [6, 6.07) is 15.1. The van der Waals surface area contributed by atoms with Crippen LogP contribution in [0.1, 0.15) is 10.4 Å². The Morgan fingerprint density at radius 3 is 2.78 bits per heavy atom. The van der Waals surface area contributed by atoms with Gasteiger partial charge in [-0.05, 0) is 30.3 Å². The van der Waals surface area contributed by atoms with Crippen molar-refractivity contribution in [2.24, 2.45) is 0 Å². The second-order valence-electron chi connectivity index (χ2n) is 6.40. The maximum atomic E-state index is 12.5. The van der Waals surface area contributed by atoms with Gasteiger partial charge < -0.3 is 15.4 Å². The zero-order valence-electron chi connectivity index (χ0n) is 15.0. The average Bonchev–Trinajstić information content (AvgIpc) is 3.11. The van der Waals surface area contributed by atoms with E-state index in [-0.39, 0.29) is 5.91 Å². The monoisotopic (exact) mass is 382 g/mol. The van der Waals surface area contributed by atoms with Crippen molar-refractivity contribution in [3.63, 3.8) is 0 Å². The van der Waals surface area contributed by atoms with Gasteiger partial charge >= 0.3 is 0 Å². The van der Waals surface area contributed by atoms with Crippen LogP contribution in [0.2, 0.25) is 0 Å². The molecule has 1 aliphatic rings. The molecule has 2 N–H and O–H groups in total. The Morgan fingerprint density at radius 1 is 1.15 bits per heavy atom. The summed E-state index contributed by atoms with van der Waals surface area (Å²) in [5.74, 6) is -0.113. The van der Waals surface area contributed by atoms with Gasteiger partial charge in [-0.3, -0.25) is 9.69 Å². The zero-order chi connectivity index (χ0) is 18.5. The lowest BCUT2D eigenvalue weighted by molar-refractivity contribution is 0.0398. The fourth-order valence-electron chi connectivity index (χ4n) is 3.01. The minimum atomic E-state index is -0.113. The highest BCUT2D eigenvalue weighted by Crippen LogP contribution is 2.27. The van der Waals surface area contributed by atoms with E-state index in [9.17, 15) is 4.79 Å². The van der Waals surface area contributed by atoms with E-state index in [2.05, 4.69) is 20.5 Å². The number of morpholine rings is 1. The standard InChI is InChI=1S/C20H22N4O2S/c25-19(22-16-4-2-1-3-5-16)15-6-7-17-18(14-15)27-20(23-17)21-8-9-24-10-12-26-13-11-24/h1-7,14H,8-13H2,(H,21,23)(H,22,25). The quantitative estimate of drug-likeness (QED) is 0.685. The van der Waals surface area contributed by atoms with Crippen molar-refractivity contribution in [2.45, 2.75) is 0 Å².